The molecule has 0 unspecified atom stereocenters. The highest BCUT2D eigenvalue weighted by molar-refractivity contribution is 5.78. The van der Waals surface area contributed by atoms with Gasteiger partial charge in [0.15, 0.2) is 0 Å². The number of rotatable bonds is 4. The second-order valence-electron chi connectivity index (χ2n) is 2.43. The van der Waals surface area contributed by atoms with E-state index in [1.54, 1.807) is 0 Å². The third-order valence-corrected chi connectivity index (χ3v) is 1.28. The summed E-state index contributed by atoms with van der Waals surface area (Å²) in [7, 11) is 0. The van der Waals surface area contributed by atoms with Gasteiger partial charge in [0.2, 0.25) is 0 Å². The molecule has 0 amide bonds. The zero-order chi connectivity index (χ0) is 11.5. The summed E-state index contributed by atoms with van der Waals surface area (Å²) >= 11 is 0. The minimum absolute atomic E-state index is 0.0644. The van der Waals surface area contributed by atoms with E-state index in [0.29, 0.717) is 6.61 Å². The number of ether oxygens (including phenoxy) is 1. The molecule has 1 aromatic rings. The molecule has 0 saturated heterocycles. The maximum Gasteiger partial charge on any atom is 0.327 e. The fourth-order valence-corrected chi connectivity index (χ4v) is 0.680. The molecule has 0 fully saturated rings. The molecular weight excluding hydrogens is 196 g/mol. The normalized spacial score (nSPS) is 8.33. The highest BCUT2D eigenvalue weighted by atomic mass is 16.5. The van der Waals surface area contributed by atoms with E-state index in [0.717, 1.165) is 11.8 Å². The van der Waals surface area contributed by atoms with Crippen molar-refractivity contribution in [3.63, 3.8) is 0 Å². The van der Waals surface area contributed by atoms with Crippen molar-refractivity contribution in [1.29, 1.82) is 0 Å². The first-order chi connectivity index (χ1) is 7.20. The standard InChI is InChI=1S/C8H10O2.C3H4O2/c9-6-7-10-8-4-2-1-3-5-8;1-2-3(4)5/h1-5,9H,6-7H2;2H,1H2,(H,4,5). The molecule has 0 aliphatic carbocycles. The average molecular weight is 210 g/mol. The number of aliphatic hydroxyl groups excluding tert-OH is 1. The van der Waals surface area contributed by atoms with E-state index >= 15 is 0 Å². The highest BCUT2D eigenvalue weighted by Crippen LogP contribution is 2.06. The summed E-state index contributed by atoms with van der Waals surface area (Å²) in [6.45, 7) is 3.39. The van der Waals surface area contributed by atoms with Crippen molar-refractivity contribution in [2.24, 2.45) is 0 Å². The molecule has 0 bridgehead atoms. The number of carboxylic acid groups (broad SMARTS) is 1. The number of hydrogen-bond donors (Lipinski definition) is 2. The number of aliphatic hydroxyl groups is 1. The molecule has 1 aromatic carbocycles. The summed E-state index contributed by atoms with van der Waals surface area (Å²) in [5.41, 5.74) is 0. The molecule has 0 aliphatic heterocycles. The molecular formula is C11H14O4. The second-order valence-corrected chi connectivity index (χ2v) is 2.43. The Morgan fingerprint density at radius 3 is 2.33 bits per heavy atom. The number of aliphatic carboxylic acids is 1. The Hall–Kier alpha value is -1.81. The zero-order valence-corrected chi connectivity index (χ0v) is 8.30. The number of para-hydroxylation sites is 1. The molecule has 1 rings (SSSR count). The summed E-state index contributed by atoms with van der Waals surface area (Å²) in [4.78, 5) is 9.25. The molecule has 0 spiro atoms. The first kappa shape index (κ1) is 13.2. The van der Waals surface area contributed by atoms with Gasteiger partial charge in [-0.2, -0.15) is 0 Å². The number of benzene rings is 1. The van der Waals surface area contributed by atoms with Gasteiger partial charge in [0.05, 0.1) is 6.61 Å². The van der Waals surface area contributed by atoms with Crippen molar-refractivity contribution in [2.45, 2.75) is 0 Å². The summed E-state index contributed by atoms with van der Waals surface area (Å²) in [6.07, 6.45) is 0.833. The van der Waals surface area contributed by atoms with Crippen molar-refractivity contribution in [2.75, 3.05) is 13.2 Å². The smallest absolute Gasteiger partial charge is 0.327 e. The van der Waals surface area contributed by atoms with Crippen LogP contribution in [0.1, 0.15) is 0 Å². The van der Waals surface area contributed by atoms with Gasteiger partial charge in [-0.05, 0) is 12.1 Å². The van der Waals surface area contributed by atoms with E-state index in [4.69, 9.17) is 14.9 Å². The van der Waals surface area contributed by atoms with Crippen LogP contribution in [0.3, 0.4) is 0 Å². The maximum atomic E-state index is 9.25. The lowest BCUT2D eigenvalue weighted by atomic mass is 10.3. The highest BCUT2D eigenvalue weighted by Gasteiger charge is 1.86. The molecule has 2 N–H and O–H groups in total. The van der Waals surface area contributed by atoms with Gasteiger partial charge in [-0.3, -0.25) is 0 Å². The van der Waals surface area contributed by atoms with Gasteiger partial charge in [0, 0.05) is 6.08 Å². The fourth-order valence-electron chi connectivity index (χ4n) is 0.680. The predicted molar refractivity (Wildman–Crippen MR) is 56.9 cm³/mol. The molecule has 0 heterocycles. The second kappa shape index (κ2) is 8.77. The van der Waals surface area contributed by atoms with Crippen LogP contribution in [0.25, 0.3) is 0 Å². The van der Waals surface area contributed by atoms with E-state index in [1.807, 2.05) is 30.3 Å². The van der Waals surface area contributed by atoms with Crippen LogP contribution in [-0.4, -0.2) is 29.4 Å². The lowest BCUT2D eigenvalue weighted by molar-refractivity contribution is -0.131. The van der Waals surface area contributed by atoms with Gasteiger partial charge in [-0.25, -0.2) is 4.79 Å². The van der Waals surface area contributed by atoms with Gasteiger partial charge in [-0.1, -0.05) is 24.8 Å². The van der Waals surface area contributed by atoms with Crippen LogP contribution in [-0.2, 0) is 4.79 Å². The van der Waals surface area contributed by atoms with Crippen LogP contribution in [0.4, 0.5) is 0 Å². The molecule has 15 heavy (non-hydrogen) atoms. The van der Waals surface area contributed by atoms with E-state index in [1.165, 1.54) is 0 Å². The van der Waals surface area contributed by atoms with Gasteiger partial charge in [-0.15, -0.1) is 0 Å². The first-order valence-corrected chi connectivity index (χ1v) is 4.34. The fraction of sp³-hybridized carbons (Fsp3) is 0.182. The lowest BCUT2D eigenvalue weighted by Crippen LogP contribution is -2.00. The van der Waals surface area contributed by atoms with Crippen molar-refractivity contribution in [3.8, 4) is 5.75 Å². The first-order valence-electron chi connectivity index (χ1n) is 4.34. The summed E-state index contributed by atoms with van der Waals surface area (Å²) in [6, 6.07) is 9.43. The molecule has 82 valence electrons. The monoisotopic (exact) mass is 210 g/mol. The summed E-state index contributed by atoms with van der Waals surface area (Å²) < 4.78 is 5.11. The van der Waals surface area contributed by atoms with Gasteiger partial charge >= 0.3 is 5.97 Å². The molecule has 0 radical (unpaired) electrons. The third-order valence-electron chi connectivity index (χ3n) is 1.28. The number of carboxylic acids is 1. The van der Waals surface area contributed by atoms with Crippen LogP contribution >= 0.6 is 0 Å². The Balaban J connectivity index is 0.000000336. The zero-order valence-electron chi connectivity index (χ0n) is 8.30. The molecule has 0 aromatic heterocycles. The Morgan fingerprint density at radius 2 is 1.93 bits per heavy atom. The van der Waals surface area contributed by atoms with Crippen LogP contribution < -0.4 is 4.74 Å². The lowest BCUT2D eigenvalue weighted by Gasteiger charge is -2.01. The largest absolute Gasteiger partial charge is 0.491 e. The van der Waals surface area contributed by atoms with Crippen molar-refractivity contribution < 1.29 is 19.7 Å². The van der Waals surface area contributed by atoms with Crippen molar-refractivity contribution in [1.82, 2.24) is 0 Å². The SMILES string of the molecule is C=CC(=O)O.OCCOc1ccccc1. The van der Waals surface area contributed by atoms with E-state index in [-0.39, 0.29) is 6.61 Å². The quantitative estimate of drug-likeness (QED) is 0.735. The van der Waals surface area contributed by atoms with E-state index in [2.05, 4.69) is 6.58 Å². The molecule has 0 atom stereocenters. The minimum Gasteiger partial charge on any atom is -0.491 e. The molecule has 4 heteroatoms. The summed E-state index contributed by atoms with van der Waals surface area (Å²) in [5, 5.41) is 16.0. The minimum atomic E-state index is -0.981. The Bertz CT molecular complexity index is 282. The van der Waals surface area contributed by atoms with Crippen LogP contribution in [0.2, 0.25) is 0 Å². The van der Waals surface area contributed by atoms with Crippen molar-refractivity contribution in [3.05, 3.63) is 43.0 Å². The number of hydrogen-bond acceptors (Lipinski definition) is 3. The van der Waals surface area contributed by atoms with Crippen molar-refractivity contribution >= 4 is 5.97 Å². The maximum absolute atomic E-state index is 9.25. The Labute approximate surface area is 88.4 Å². The molecule has 0 saturated carbocycles. The van der Waals surface area contributed by atoms with E-state index < -0.39 is 5.97 Å². The van der Waals surface area contributed by atoms with Gasteiger partial charge in [0.25, 0.3) is 0 Å². The Kier molecular flexibility index (Phi) is 7.71. The van der Waals surface area contributed by atoms with Gasteiger partial charge in [0.1, 0.15) is 12.4 Å². The van der Waals surface area contributed by atoms with Crippen LogP contribution in [0, 0.1) is 0 Å². The molecule has 4 nitrogen and oxygen atoms in total. The topological polar surface area (TPSA) is 66.8 Å². The number of carbonyl (C=O) groups is 1. The van der Waals surface area contributed by atoms with Crippen LogP contribution in [0.15, 0.2) is 43.0 Å². The molecule has 0 aliphatic rings. The third kappa shape index (κ3) is 8.52. The Morgan fingerprint density at radius 1 is 1.40 bits per heavy atom. The predicted octanol–water partition coefficient (Wildman–Crippen LogP) is 1.31. The van der Waals surface area contributed by atoms with Crippen LogP contribution in [0.5, 0.6) is 5.75 Å². The van der Waals surface area contributed by atoms with Gasteiger partial charge < -0.3 is 14.9 Å². The average Bonchev–Trinajstić information content (AvgIpc) is 2.28. The summed E-state index contributed by atoms with van der Waals surface area (Å²) in [5.74, 6) is -0.179. The van der Waals surface area contributed by atoms with E-state index in [9.17, 15) is 4.79 Å².